The highest BCUT2D eigenvalue weighted by Crippen LogP contribution is 2.28. The third-order valence-corrected chi connectivity index (χ3v) is 6.77. The van der Waals surface area contributed by atoms with Crippen LogP contribution < -0.4 is 15.4 Å². The summed E-state index contributed by atoms with van der Waals surface area (Å²) in [6.07, 6.45) is 5.75. The molecule has 0 amide bonds. The monoisotopic (exact) mass is 370 g/mol. The maximum absolute atomic E-state index is 11.7. The fourth-order valence-corrected chi connectivity index (χ4v) is 4.29. The first kappa shape index (κ1) is 19.1. The Morgan fingerprint density at radius 2 is 2.00 bits per heavy atom. The van der Waals surface area contributed by atoms with E-state index in [1.807, 2.05) is 23.9 Å². The number of nitrogens with one attached hydrogen (secondary N) is 3. The summed E-state index contributed by atoms with van der Waals surface area (Å²) < 4.78 is 25.7. The summed E-state index contributed by atoms with van der Waals surface area (Å²) in [5.41, 5.74) is 1.00. The molecule has 1 aliphatic carbocycles. The summed E-state index contributed by atoms with van der Waals surface area (Å²) in [5, 5.41) is 7.49. The van der Waals surface area contributed by atoms with E-state index in [9.17, 15) is 8.42 Å². The van der Waals surface area contributed by atoms with Crippen LogP contribution in [0.1, 0.15) is 24.8 Å². The van der Waals surface area contributed by atoms with Gasteiger partial charge in [0.1, 0.15) is 0 Å². The van der Waals surface area contributed by atoms with Gasteiger partial charge in [0.2, 0.25) is 10.0 Å². The van der Waals surface area contributed by atoms with E-state index >= 15 is 0 Å². The maximum atomic E-state index is 11.7. The van der Waals surface area contributed by atoms with Gasteiger partial charge in [-0.15, -0.1) is 0 Å². The third-order valence-electron chi connectivity index (χ3n) is 4.24. The van der Waals surface area contributed by atoms with Crippen LogP contribution in [0.2, 0.25) is 0 Å². The molecule has 134 valence electrons. The van der Waals surface area contributed by atoms with Crippen LogP contribution in [0.5, 0.6) is 0 Å². The van der Waals surface area contributed by atoms with Crippen molar-refractivity contribution in [3.63, 3.8) is 0 Å². The number of rotatable bonds is 6. The molecule has 6 nitrogen and oxygen atoms in total. The third kappa shape index (κ3) is 5.12. The Bertz CT molecular complexity index is 659. The van der Waals surface area contributed by atoms with Crippen molar-refractivity contribution in [1.29, 1.82) is 0 Å². The SMILES string of the molecule is CN=C(NCc1ccc(S(=O)(=O)NC)cc1)NC1CCC(SC)C1. The molecule has 2 unspecified atom stereocenters. The highest BCUT2D eigenvalue weighted by Gasteiger charge is 2.24. The Kier molecular flexibility index (Phi) is 6.94. The summed E-state index contributed by atoms with van der Waals surface area (Å²) in [6.45, 7) is 0.595. The molecule has 0 bridgehead atoms. The van der Waals surface area contributed by atoms with Gasteiger partial charge in [-0.25, -0.2) is 13.1 Å². The number of hydrogen-bond acceptors (Lipinski definition) is 4. The second kappa shape index (κ2) is 8.73. The Morgan fingerprint density at radius 1 is 1.29 bits per heavy atom. The molecule has 1 aromatic carbocycles. The molecule has 1 saturated carbocycles. The number of thioether (sulfide) groups is 1. The summed E-state index contributed by atoms with van der Waals surface area (Å²) in [5.74, 6) is 0.786. The molecule has 0 heterocycles. The van der Waals surface area contributed by atoms with E-state index < -0.39 is 10.0 Å². The number of guanidine groups is 1. The Morgan fingerprint density at radius 3 is 2.54 bits per heavy atom. The molecule has 0 saturated heterocycles. The average Bonchev–Trinajstić information content (AvgIpc) is 3.06. The highest BCUT2D eigenvalue weighted by atomic mass is 32.2. The minimum absolute atomic E-state index is 0.269. The summed E-state index contributed by atoms with van der Waals surface area (Å²) >= 11 is 1.93. The molecule has 2 rings (SSSR count). The zero-order valence-electron chi connectivity index (χ0n) is 14.4. The fraction of sp³-hybridized carbons (Fsp3) is 0.562. The molecule has 0 aromatic heterocycles. The van der Waals surface area contributed by atoms with Crippen LogP contribution in [0.25, 0.3) is 0 Å². The van der Waals surface area contributed by atoms with Crippen LogP contribution in [0.15, 0.2) is 34.2 Å². The van der Waals surface area contributed by atoms with Gasteiger partial charge in [-0.1, -0.05) is 12.1 Å². The van der Waals surface area contributed by atoms with E-state index in [4.69, 9.17) is 0 Å². The van der Waals surface area contributed by atoms with Gasteiger partial charge in [-0.2, -0.15) is 11.8 Å². The zero-order valence-corrected chi connectivity index (χ0v) is 16.0. The van der Waals surface area contributed by atoms with E-state index in [2.05, 4.69) is 26.6 Å². The van der Waals surface area contributed by atoms with E-state index in [0.717, 1.165) is 16.8 Å². The van der Waals surface area contributed by atoms with Gasteiger partial charge in [-0.3, -0.25) is 4.99 Å². The van der Waals surface area contributed by atoms with Crippen LogP contribution in [-0.4, -0.2) is 46.0 Å². The first-order chi connectivity index (χ1) is 11.5. The van der Waals surface area contributed by atoms with E-state index in [-0.39, 0.29) is 4.90 Å². The maximum Gasteiger partial charge on any atom is 0.240 e. The lowest BCUT2D eigenvalue weighted by Gasteiger charge is -2.17. The topological polar surface area (TPSA) is 82.6 Å². The lowest BCUT2D eigenvalue weighted by atomic mass is 10.2. The fourth-order valence-electron chi connectivity index (χ4n) is 2.76. The van der Waals surface area contributed by atoms with Crippen LogP contribution in [0.4, 0.5) is 0 Å². The van der Waals surface area contributed by atoms with Crippen LogP contribution in [0.3, 0.4) is 0 Å². The predicted molar refractivity (Wildman–Crippen MR) is 101 cm³/mol. The number of hydrogen-bond donors (Lipinski definition) is 3. The minimum atomic E-state index is -3.38. The Labute approximate surface area is 149 Å². The van der Waals surface area contributed by atoms with Crippen molar-refractivity contribution in [2.24, 2.45) is 4.99 Å². The molecule has 3 N–H and O–H groups in total. The molecular formula is C16H26N4O2S2. The number of nitrogens with zero attached hydrogens (tertiary/aromatic N) is 1. The largest absolute Gasteiger partial charge is 0.354 e. The Balaban J connectivity index is 1.87. The predicted octanol–water partition coefficient (Wildman–Crippen LogP) is 1.54. The highest BCUT2D eigenvalue weighted by molar-refractivity contribution is 7.99. The summed E-state index contributed by atoms with van der Waals surface area (Å²) in [7, 11) is -0.212. The standard InChI is InChI=1S/C16H26N4O2S2/c1-17-16(20-13-6-7-14(10-13)23-3)19-11-12-4-8-15(9-5-12)24(21,22)18-2/h4-5,8-9,13-14,18H,6-7,10-11H2,1-3H3,(H2,17,19,20). The first-order valence-corrected chi connectivity index (χ1v) is 10.8. The number of sulfonamides is 1. The van der Waals surface area contributed by atoms with Gasteiger partial charge < -0.3 is 10.6 Å². The second-order valence-electron chi connectivity index (χ2n) is 5.79. The van der Waals surface area contributed by atoms with Crippen molar-refractivity contribution >= 4 is 27.7 Å². The smallest absolute Gasteiger partial charge is 0.240 e. The average molecular weight is 371 g/mol. The molecule has 24 heavy (non-hydrogen) atoms. The summed E-state index contributed by atoms with van der Waals surface area (Å²) in [6, 6.07) is 7.31. The van der Waals surface area contributed by atoms with Gasteiger partial charge in [0.05, 0.1) is 4.90 Å². The normalized spacial score (nSPS) is 21.7. The van der Waals surface area contributed by atoms with Crippen molar-refractivity contribution in [1.82, 2.24) is 15.4 Å². The molecule has 0 radical (unpaired) electrons. The van der Waals surface area contributed by atoms with Gasteiger partial charge in [0.15, 0.2) is 5.96 Å². The van der Waals surface area contributed by atoms with E-state index in [1.165, 1.54) is 26.3 Å². The van der Waals surface area contributed by atoms with Crippen LogP contribution in [-0.2, 0) is 16.6 Å². The van der Waals surface area contributed by atoms with E-state index in [0.29, 0.717) is 12.6 Å². The number of benzene rings is 1. The summed E-state index contributed by atoms with van der Waals surface area (Å²) in [4.78, 5) is 4.54. The Hall–Kier alpha value is -1.25. The van der Waals surface area contributed by atoms with Crippen molar-refractivity contribution in [2.75, 3.05) is 20.4 Å². The quantitative estimate of drug-likeness (QED) is 0.523. The molecule has 2 atom stereocenters. The van der Waals surface area contributed by atoms with Gasteiger partial charge in [0.25, 0.3) is 0 Å². The van der Waals surface area contributed by atoms with E-state index in [1.54, 1.807) is 19.2 Å². The molecule has 1 aliphatic rings. The van der Waals surface area contributed by atoms with Crippen molar-refractivity contribution in [2.45, 2.75) is 42.0 Å². The molecule has 1 aromatic rings. The molecule has 1 fully saturated rings. The minimum Gasteiger partial charge on any atom is -0.354 e. The lowest BCUT2D eigenvalue weighted by Crippen LogP contribution is -2.42. The number of aliphatic imine (C=N–C) groups is 1. The van der Waals surface area contributed by atoms with Gasteiger partial charge in [-0.05, 0) is 50.3 Å². The zero-order chi connectivity index (χ0) is 17.6. The van der Waals surface area contributed by atoms with Gasteiger partial charge >= 0.3 is 0 Å². The molecular weight excluding hydrogens is 344 g/mol. The van der Waals surface area contributed by atoms with Crippen molar-refractivity contribution in [3.05, 3.63) is 29.8 Å². The van der Waals surface area contributed by atoms with Crippen molar-refractivity contribution in [3.8, 4) is 0 Å². The van der Waals surface area contributed by atoms with Crippen LogP contribution >= 0.6 is 11.8 Å². The molecule has 8 heteroatoms. The molecule has 0 spiro atoms. The van der Waals surface area contributed by atoms with Crippen molar-refractivity contribution < 1.29 is 8.42 Å². The second-order valence-corrected chi connectivity index (χ2v) is 8.81. The van der Waals surface area contributed by atoms with Crippen LogP contribution in [0, 0.1) is 0 Å². The molecule has 0 aliphatic heterocycles. The first-order valence-electron chi connectivity index (χ1n) is 8.01. The lowest BCUT2D eigenvalue weighted by molar-refractivity contribution is 0.588. The van der Waals surface area contributed by atoms with Gasteiger partial charge in [0, 0.05) is 24.9 Å².